The molecule has 1 heterocycles. The Kier molecular flexibility index (Phi) is 14.8. The fraction of sp³-hybridized carbons (Fsp3) is 0.769. The van der Waals surface area contributed by atoms with E-state index < -0.39 is 11.9 Å². The van der Waals surface area contributed by atoms with Crippen LogP contribution in [0.2, 0.25) is 0 Å². The Hall–Kier alpha value is -1.78. The van der Waals surface area contributed by atoms with Gasteiger partial charge < -0.3 is 13.9 Å². The minimum atomic E-state index is -0.515. The van der Waals surface area contributed by atoms with Crippen molar-refractivity contribution in [3.8, 4) is 0 Å². The van der Waals surface area contributed by atoms with E-state index in [1.807, 2.05) is 0 Å². The van der Waals surface area contributed by atoms with E-state index in [-0.39, 0.29) is 11.5 Å². The molecule has 0 amide bonds. The largest absolute Gasteiger partial charge is 0.460 e. The first-order valence-corrected chi connectivity index (χ1v) is 12.5. The quantitative estimate of drug-likeness (QED) is 0.175. The van der Waals surface area contributed by atoms with Crippen LogP contribution in [0.15, 0.2) is 16.5 Å². The zero-order chi connectivity index (χ0) is 22.9. The summed E-state index contributed by atoms with van der Waals surface area (Å²) in [6.45, 7) is 9.46. The van der Waals surface area contributed by atoms with E-state index >= 15 is 0 Å². The normalized spacial score (nSPS) is 13.0. The van der Waals surface area contributed by atoms with Crippen LogP contribution in [-0.4, -0.2) is 25.2 Å². The van der Waals surface area contributed by atoms with Crippen LogP contribution in [0, 0.1) is 11.8 Å². The molecule has 0 N–H and O–H groups in total. The van der Waals surface area contributed by atoms with E-state index in [4.69, 9.17) is 13.9 Å². The molecule has 178 valence electrons. The summed E-state index contributed by atoms with van der Waals surface area (Å²) < 4.78 is 16.4. The predicted octanol–water partition coefficient (Wildman–Crippen LogP) is 7.59. The lowest BCUT2D eigenvalue weighted by molar-refractivity contribution is 0.0353. The number of esters is 2. The highest BCUT2D eigenvalue weighted by atomic mass is 16.6. The molecule has 0 fully saturated rings. The zero-order valence-electron chi connectivity index (χ0n) is 20.3. The van der Waals surface area contributed by atoms with Crippen molar-refractivity contribution in [2.75, 3.05) is 13.2 Å². The second-order valence-electron chi connectivity index (χ2n) is 8.66. The van der Waals surface area contributed by atoms with Crippen molar-refractivity contribution in [3.05, 3.63) is 23.7 Å². The number of ether oxygens (including phenoxy) is 2. The third-order valence-corrected chi connectivity index (χ3v) is 5.73. The fourth-order valence-electron chi connectivity index (χ4n) is 3.89. The van der Waals surface area contributed by atoms with Crippen LogP contribution in [0.4, 0.5) is 0 Å². The number of carbonyl (C=O) groups is 2. The van der Waals surface area contributed by atoms with Crippen molar-refractivity contribution in [1.29, 1.82) is 0 Å². The topological polar surface area (TPSA) is 65.7 Å². The third-order valence-electron chi connectivity index (χ3n) is 5.73. The van der Waals surface area contributed by atoms with Gasteiger partial charge in [-0.05, 0) is 49.7 Å². The highest BCUT2D eigenvalue weighted by Gasteiger charge is 2.20. The molecule has 0 saturated heterocycles. The molecule has 0 aromatic carbocycles. The van der Waals surface area contributed by atoms with Crippen molar-refractivity contribution >= 4 is 11.9 Å². The lowest BCUT2D eigenvalue weighted by Crippen LogP contribution is -2.15. The molecule has 0 saturated carbocycles. The molecule has 0 spiro atoms. The van der Waals surface area contributed by atoms with Gasteiger partial charge in [0.25, 0.3) is 0 Å². The highest BCUT2D eigenvalue weighted by molar-refractivity contribution is 5.90. The second kappa shape index (κ2) is 16.9. The Morgan fingerprint density at radius 2 is 1.10 bits per heavy atom. The number of rotatable bonds is 18. The van der Waals surface area contributed by atoms with Gasteiger partial charge in [0, 0.05) is 0 Å². The predicted molar refractivity (Wildman–Crippen MR) is 124 cm³/mol. The number of carbonyl (C=O) groups excluding carboxylic acids is 2. The molecular weight excluding hydrogens is 392 g/mol. The number of unbranched alkanes of at least 4 members (excludes halogenated alkanes) is 4. The van der Waals surface area contributed by atoms with Crippen LogP contribution < -0.4 is 0 Å². The van der Waals surface area contributed by atoms with Crippen molar-refractivity contribution in [2.45, 2.75) is 105 Å². The molecule has 1 aromatic heterocycles. The maximum atomic E-state index is 12.3. The Morgan fingerprint density at radius 3 is 1.45 bits per heavy atom. The highest BCUT2D eigenvalue weighted by Crippen LogP contribution is 2.19. The Labute approximate surface area is 189 Å². The van der Waals surface area contributed by atoms with Gasteiger partial charge in [0.05, 0.1) is 13.2 Å². The average molecular weight is 437 g/mol. The minimum Gasteiger partial charge on any atom is -0.460 e. The maximum Gasteiger partial charge on any atom is 0.374 e. The summed E-state index contributed by atoms with van der Waals surface area (Å²) >= 11 is 0. The molecule has 0 bridgehead atoms. The first-order chi connectivity index (χ1) is 15.0. The van der Waals surface area contributed by atoms with Gasteiger partial charge in [-0.25, -0.2) is 9.59 Å². The van der Waals surface area contributed by atoms with Crippen LogP contribution in [0.3, 0.4) is 0 Å². The lowest BCUT2D eigenvalue weighted by atomic mass is 9.97. The second-order valence-corrected chi connectivity index (χ2v) is 8.66. The van der Waals surface area contributed by atoms with E-state index in [0.717, 1.165) is 51.4 Å². The molecule has 2 unspecified atom stereocenters. The Morgan fingerprint density at radius 1 is 0.677 bits per heavy atom. The van der Waals surface area contributed by atoms with Gasteiger partial charge in [-0.3, -0.25) is 0 Å². The summed E-state index contributed by atoms with van der Waals surface area (Å²) in [5.41, 5.74) is 0. The summed E-state index contributed by atoms with van der Waals surface area (Å²) in [6.07, 6.45) is 13.5. The van der Waals surface area contributed by atoms with Crippen LogP contribution in [0.25, 0.3) is 0 Å². The van der Waals surface area contributed by atoms with E-state index in [9.17, 15) is 9.59 Å². The maximum absolute atomic E-state index is 12.3. The van der Waals surface area contributed by atoms with Gasteiger partial charge in [-0.1, -0.05) is 79.1 Å². The van der Waals surface area contributed by atoms with Crippen molar-refractivity contribution in [3.63, 3.8) is 0 Å². The van der Waals surface area contributed by atoms with E-state index in [0.29, 0.717) is 25.0 Å². The van der Waals surface area contributed by atoms with Crippen molar-refractivity contribution in [1.82, 2.24) is 0 Å². The molecule has 31 heavy (non-hydrogen) atoms. The molecule has 5 heteroatoms. The summed E-state index contributed by atoms with van der Waals surface area (Å²) in [7, 11) is 0. The molecule has 0 aliphatic heterocycles. The third kappa shape index (κ3) is 11.4. The molecule has 0 aliphatic carbocycles. The molecular formula is C26H44O5. The Balaban J connectivity index is 2.50. The van der Waals surface area contributed by atoms with Gasteiger partial charge in [0.1, 0.15) is 0 Å². The van der Waals surface area contributed by atoms with E-state index in [1.54, 1.807) is 0 Å². The van der Waals surface area contributed by atoms with Crippen LogP contribution >= 0.6 is 0 Å². The average Bonchev–Trinajstić information content (AvgIpc) is 3.26. The molecule has 1 rings (SSSR count). The van der Waals surface area contributed by atoms with Crippen LogP contribution in [0.5, 0.6) is 0 Å². The monoisotopic (exact) mass is 436 g/mol. The van der Waals surface area contributed by atoms with Crippen LogP contribution in [0.1, 0.15) is 126 Å². The number of furan rings is 1. The van der Waals surface area contributed by atoms with Gasteiger partial charge in [-0.15, -0.1) is 0 Å². The smallest absolute Gasteiger partial charge is 0.374 e. The van der Waals surface area contributed by atoms with E-state index in [1.165, 1.54) is 37.8 Å². The molecule has 0 aliphatic rings. The first-order valence-electron chi connectivity index (χ1n) is 12.5. The fourth-order valence-corrected chi connectivity index (χ4v) is 3.89. The summed E-state index contributed by atoms with van der Waals surface area (Å²) in [4.78, 5) is 24.7. The molecule has 5 nitrogen and oxygen atoms in total. The summed E-state index contributed by atoms with van der Waals surface area (Å²) in [5, 5.41) is 0. The van der Waals surface area contributed by atoms with E-state index in [2.05, 4.69) is 27.7 Å². The number of hydrogen-bond donors (Lipinski definition) is 0. The van der Waals surface area contributed by atoms with Gasteiger partial charge in [0.15, 0.2) is 0 Å². The molecule has 0 radical (unpaired) electrons. The van der Waals surface area contributed by atoms with Crippen molar-refractivity contribution in [2.24, 2.45) is 11.8 Å². The van der Waals surface area contributed by atoms with Gasteiger partial charge in [-0.2, -0.15) is 0 Å². The van der Waals surface area contributed by atoms with Gasteiger partial charge in [0.2, 0.25) is 11.5 Å². The summed E-state index contributed by atoms with van der Waals surface area (Å²) in [5.74, 6) is -0.156. The first kappa shape index (κ1) is 27.3. The summed E-state index contributed by atoms with van der Waals surface area (Å²) in [6, 6.07) is 2.99. The molecule has 2 atom stereocenters. The SMILES string of the molecule is CCCCCC(CCC)COC(=O)c1ccc(C(=O)OCC(CCC)CCCCC)o1. The van der Waals surface area contributed by atoms with Crippen LogP contribution in [-0.2, 0) is 9.47 Å². The standard InChI is InChI=1S/C26H44O5/c1-5-9-11-15-21(13-7-3)19-29-25(27)23-17-18-24(31-23)26(28)30-20-22(14-8-4)16-12-10-6-2/h17-18,21-22H,5-16,19-20H2,1-4H3. The molecule has 1 aromatic rings. The van der Waals surface area contributed by atoms with Gasteiger partial charge >= 0.3 is 11.9 Å². The minimum absolute atomic E-state index is 0.0591. The lowest BCUT2D eigenvalue weighted by Gasteiger charge is -2.16. The Bertz CT molecular complexity index is 556. The zero-order valence-corrected chi connectivity index (χ0v) is 20.3. The van der Waals surface area contributed by atoms with Crippen molar-refractivity contribution < 1.29 is 23.5 Å². The number of hydrogen-bond acceptors (Lipinski definition) is 5.